The van der Waals surface area contributed by atoms with Crippen LogP contribution >= 0.6 is 11.3 Å². The second-order valence-electron chi connectivity index (χ2n) is 5.18. The Balaban J connectivity index is 1.58. The first-order valence-corrected chi connectivity index (χ1v) is 7.91. The second kappa shape index (κ2) is 5.74. The van der Waals surface area contributed by atoms with Crippen LogP contribution in [0.3, 0.4) is 0 Å². The van der Waals surface area contributed by atoms with Crippen LogP contribution in [-0.4, -0.2) is 11.5 Å². The van der Waals surface area contributed by atoms with Crippen LogP contribution in [0.25, 0.3) is 0 Å². The lowest BCUT2D eigenvalue weighted by Gasteiger charge is -2.07. The summed E-state index contributed by atoms with van der Waals surface area (Å²) in [7, 11) is 0. The zero-order valence-corrected chi connectivity index (χ0v) is 12.2. The van der Waals surface area contributed by atoms with Gasteiger partial charge in [-0.3, -0.25) is 0 Å². The fraction of sp³-hybridized carbons (Fsp3) is 0.438. The molecule has 0 unspecified atom stereocenters. The number of aromatic nitrogens is 1. The van der Waals surface area contributed by atoms with Gasteiger partial charge in [0.1, 0.15) is 0 Å². The van der Waals surface area contributed by atoms with Gasteiger partial charge in [0, 0.05) is 23.5 Å². The number of para-hydroxylation sites is 1. The van der Waals surface area contributed by atoms with Crippen molar-refractivity contribution in [2.24, 2.45) is 0 Å². The Labute approximate surface area is 118 Å². The summed E-state index contributed by atoms with van der Waals surface area (Å²) < 4.78 is 0. The minimum Gasteiger partial charge on any atom is -0.384 e. The smallest absolute Gasteiger partial charge is 0.0948 e. The van der Waals surface area contributed by atoms with Gasteiger partial charge in [0.05, 0.1) is 10.7 Å². The summed E-state index contributed by atoms with van der Waals surface area (Å²) in [6, 6.07) is 8.44. The van der Waals surface area contributed by atoms with Crippen molar-refractivity contribution in [3.8, 4) is 0 Å². The van der Waals surface area contributed by atoms with Crippen LogP contribution in [0.4, 0.5) is 5.69 Å². The van der Waals surface area contributed by atoms with E-state index in [-0.39, 0.29) is 0 Å². The number of aryl methyl sites for hydroxylation is 3. The minimum absolute atomic E-state index is 0.969. The van der Waals surface area contributed by atoms with Crippen molar-refractivity contribution < 1.29 is 0 Å². The van der Waals surface area contributed by atoms with E-state index in [9.17, 15) is 0 Å². The third-order valence-electron chi connectivity index (χ3n) is 3.69. The van der Waals surface area contributed by atoms with Crippen molar-refractivity contribution in [2.75, 3.05) is 11.9 Å². The quantitative estimate of drug-likeness (QED) is 0.910. The van der Waals surface area contributed by atoms with Crippen molar-refractivity contribution in [1.29, 1.82) is 0 Å². The maximum Gasteiger partial charge on any atom is 0.0948 e. The van der Waals surface area contributed by atoms with Gasteiger partial charge in [-0.1, -0.05) is 18.2 Å². The first kappa shape index (κ1) is 12.7. The Morgan fingerprint density at radius 3 is 2.89 bits per heavy atom. The normalized spacial score (nSPS) is 14.2. The summed E-state index contributed by atoms with van der Waals surface area (Å²) in [5.74, 6) is 0. The molecular formula is C16H20N2S. The zero-order valence-electron chi connectivity index (χ0n) is 11.4. The fourth-order valence-electron chi connectivity index (χ4n) is 2.59. The van der Waals surface area contributed by atoms with Crippen molar-refractivity contribution in [3.05, 3.63) is 45.4 Å². The third kappa shape index (κ3) is 2.98. The highest BCUT2D eigenvalue weighted by Gasteiger charge is 2.14. The number of benzene rings is 1. The first-order chi connectivity index (χ1) is 9.33. The van der Waals surface area contributed by atoms with Crippen molar-refractivity contribution >= 4 is 17.0 Å². The van der Waals surface area contributed by atoms with Crippen LogP contribution in [-0.2, 0) is 19.3 Å². The summed E-state index contributed by atoms with van der Waals surface area (Å²) in [5.41, 5.74) is 3.92. The molecule has 2 aromatic rings. The van der Waals surface area contributed by atoms with Gasteiger partial charge in [-0.15, -0.1) is 11.3 Å². The summed E-state index contributed by atoms with van der Waals surface area (Å²) in [6.07, 6.45) is 6.13. The Kier molecular flexibility index (Phi) is 3.83. The van der Waals surface area contributed by atoms with E-state index in [1.807, 2.05) is 11.3 Å². The van der Waals surface area contributed by atoms with E-state index in [4.69, 9.17) is 4.98 Å². The number of fused-ring (bicyclic) bond motifs is 1. The molecule has 0 aliphatic heterocycles. The van der Waals surface area contributed by atoms with Gasteiger partial charge < -0.3 is 5.32 Å². The van der Waals surface area contributed by atoms with Gasteiger partial charge in [0.25, 0.3) is 0 Å². The number of anilines is 1. The van der Waals surface area contributed by atoms with Crippen molar-refractivity contribution in [3.63, 3.8) is 0 Å². The lowest BCUT2D eigenvalue weighted by atomic mass is 10.0. The molecule has 3 rings (SSSR count). The molecule has 1 heterocycles. The Hall–Kier alpha value is -1.35. The van der Waals surface area contributed by atoms with Crippen LogP contribution in [0.2, 0.25) is 0 Å². The molecule has 0 radical (unpaired) electrons. The first-order valence-electron chi connectivity index (χ1n) is 7.10. The van der Waals surface area contributed by atoms with Crippen LogP contribution in [0.5, 0.6) is 0 Å². The number of rotatable bonds is 4. The van der Waals surface area contributed by atoms with Gasteiger partial charge >= 0.3 is 0 Å². The summed E-state index contributed by atoms with van der Waals surface area (Å²) >= 11 is 1.92. The van der Waals surface area contributed by atoms with Crippen molar-refractivity contribution in [1.82, 2.24) is 4.98 Å². The maximum atomic E-state index is 4.78. The van der Waals surface area contributed by atoms with E-state index in [1.165, 1.54) is 52.5 Å². The molecule has 1 aromatic heterocycles. The van der Waals surface area contributed by atoms with E-state index in [1.54, 1.807) is 0 Å². The molecule has 2 nitrogen and oxygen atoms in total. The highest BCUT2D eigenvalue weighted by molar-refractivity contribution is 7.11. The van der Waals surface area contributed by atoms with Gasteiger partial charge in [-0.05, 0) is 44.2 Å². The molecule has 0 saturated heterocycles. The SMILES string of the molecule is Cc1ccccc1NCCc1nc2c(s1)CCCC2. The maximum absolute atomic E-state index is 4.78. The molecule has 1 N–H and O–H groups in total. The summed E-state index contributed by atoms with van der Waals surface area (Å²) in [6.45, 7) is 3.11. The standard InChI is InChI=1S/C16H20N2S/c1-12-6-2-3-7-13(12)17-11-10-16-18-14-8-4-5-9-15(14)19-16/h2-3,6-7,17H,4-5,8-11H2,1H3. The molecule has 1 aliphatic carbocycles. The largest absolute Gasteiger partial charge is 0.384 e. The van der Waals surface area contributed by atoms with Gasteiger partial charge in [-0.2, -0.15) is 0 Å². The summed E-state index contributed by atoms with van der Waals surface area (Å²) in [4.78, 5) is 6.32. The molecular weight excluding hydrogens is 252 g/mol. The molecule has 0 spiro atoms. The Morgan fingerprint density at radius 1 is 1.21 bits per heavy atom. The van der Waals surface area contributed by atoms with Crippen LogP contribution in [0.15, 0.2) is 24.3 Å². The summed E-state index contributed by atoms with van der Waals surface area (Å²) in [5, 5.41) is 4.81. The topological polar surface area (TPSA) is 24.9 Å². The molecule has 0 atom stereocenters. The van der Waals surface area contributed by atoms with Gasteiger partial charge in [-0.25, -0.2) is 4.98 Å². The average Bonchev–Trinajstić information content (AvgIpc) is 2.83. The molecule has 1 aliphatic rings. The van der Waals surface area contributed by atoms with Crippen LogP contribution < -0.4 is 5.32 Å². The van der Waals surface area contributed by atoms with Crippen molar-refractivity contribution in [2.45, 2.75) is 39.0 Å². The molecule has 19 heavy (non-hydrogen) atoms. The molecule has 0 saturated carbocycles. The third-order valence-corrected chi connectivity index (χ3v) is 4.91. The number of nitrogens with zero attached hydrogens (tertiary/aromatic N) is 1. The number of hydrogen-bond acceptors (Lipinski definition) is 3. The Morgan fingerprint density at radius 2 is 2.05 bits per heavy atom. The van der Waals surface area contributed by atoms with E-state index in [0.29, 0.717) is 0 Å². The lowest BCUT2D eigenvalue weighted by Crippen LogP contribution is -2.05. The van der Waals surface area contributed by atoms with E-state index in [0.717, 1.165) is 13.0 Å². The molecule has 3 heteroatoms. The molecule has 1 aromatic carbocycles. The second-order valence-corrected chi connectivity index (χ2v) is 6.34. The highest BCUT2D eigenvalue weighted by atomic mass is 32.1. The van der Waals surface area contributed by atoms with Gasteiger partial charge in [0.2, 0.25) is 0 Å². The number of nitrogens with one attached hydrogen (secondary N) is 1. The molecule has 100 valence electrons. The number of thiazole rings is 1. The molecule has 0 fully saturated rings. The predicted molar refractivity (Wildman–Crippen MR) is 82.1 cm³/mol. The Bertz CT molecular complexity index is 536. The van der Waals surface area contributed by atoms with Gasteiger partial charge in [0.15, 0.2) is 0 Å². The van der Waals surface area contributed by atoms with E-state index < -0.39 is 0 Å². The van der Waals surface area contributed by atoms with E-state index >= 15 is 0 Å². The lowest BCUT2D eigenvalue weighted by molar-refractivity contribution is 0.680. The van der Waals surface area contributed by atoms with Crippen LogP contribution in [0.1, 0.15) is 34.0 Å². The predicted octanol–water partition coefficient (Wildman–Crippen LogP) is 3.98. The van der Waals surface area contributed by atoms with Crippen LogP contribution in [0, 0.1) is 6.92 Å². The molecule has 0 bridgehead atoms. The highest BCUT2D eigenvalue weighted by Crippen LogP contribution is 2.26. The number of hydrogen-bond donors (Lipinski definition) is 1. The molecule has 0 amide bonds. The minimum atomic E-state index is 0.969. The monoisotopic (exact) mass is 272 g/mol. The zero-order chi connectivity index (χ0) is 13.1. The van der Waals surface area contributed by atoms with E-state index in [2.05, 4.69) is 36.5 Å². The average molecular weight is 272 g/mol. The fourth-order valence-corrected chi connectivity index (χ4v) is 3.74.